The highest BCUT2D eigenvalue weighted by molar-refractivity contribution is 6.01. The SMILES string of the molecule is CCCC(CN1CCCC1=O)(C(=O)OCC)C(=O)OCC. The Morgan fingerprint density at radius 1 is 1.14 bits per heavy atom. The number of amides is 1. The minimum atomic E-state index is -1.40. The highest BCUT2D eigenvalue weighted by Crippen LogP contribution is 2.31. The van der Waals surface area contributed by atoms with Crippen molar-refractivity contribution in [1.82, 2.24) is 4.90 Å². The van der Waals surface area contributed by atoms with Crippen molar-refractivity contribution in [3.8, 4) is 0 Å². The number of nitrogens with zero attached hydrogens (tertiary/aromatic N) is 1. The number of esters is 2. The van der Waals surface area contributed by atoms with E-state index in [2.05, 4.69) is 0 Å². The number of carbonyl (C=O) groups excluding carboxylic acids is 3. The maximum atomic E-state index is 12.4. The first-order valence-corrected chi connectivity index (χ1v) is 7.64. The van der Waals surface area contributed by atoms with E-state index in [9.17, 15) is 14.4 Å². The Kier molecular flexibility index (Phi) is 6.65. The fourth-order valence-corrected chi connectivity index (χ4v) is 2.66. The van der Waals surface area contributed by atoms with E-state index >= 15 is 0 Å². The molecule has 0 aliphatic carbocycles. The molecule has 1 rings (SSSR count). The quantitative estimate of drug-likeness (QED) is 0.502. The van der Waals surface area contributed by atoms with Gasteiger partial charge in [0.25, 0.3) is 0 Å². The topological polar surface area (TPSA) is 72.9 Å². The van der Waals surface area contributed by atoms with Crippen LogP contribution in [0.25, 0.3) is 0 Å². The Balaban J connectivity index is 3.06. The first-order chi connectivity index (χ1) is 10.0. The third-order valence-electron chi connectivity index (χ3n) is 3.64. The van der Waals surface area contributed by atoms with Gasteiger partial charge in [0.05, 0.1) is 13.2 Å². The molecule has 0 N–H and O–H groups in total. The smallest absolute Gasteiger partial charge is 0.325 e. The molecular formula is C15H25NO5. The Morgan fingerprint density at radius 2 is 1.71 bits per heavy atom. The van der Waals surface area contributed by atoms with Gasteiger partial charge in [-0.25, -0.2) is 0 Å². The lowest BCUT2D eigenvalue weighted by atomic mass is 9.82. The van der Waals surface area contributed by atoms with Crippen LogP contribution in [0.3, 0.4) is 0 Å². The molecule has 0 saturated carbocycles. The van der Waals surface area contributed by atoms with E-state index in [0.29, 0.717) is 25.8 Å². The lowest BCUT2D eigenvalue weighted by molar-refractivity contribution is -0.174. The summed E-state index contributed by atoms with van der Waals surface area (Å²) in [6, 6.07) is 0. The zero-order valence-electron chi connectivity index (χ0n) is 13.1. The van der Waals surface area contributed by atoms with Gasteiger partial charge >= 0.3 is 11.9 Å². The highest BCUT2D eigenvalue weighted by Gasteiger charge is 2.50. The second-order valence-electron chi connectivity index (χ2n) is 5.19. The molecule has 0 radical (unpaired) electrons. The van der Waals surface area contributed by atoms with Crippen LogP contribution >= 0.6 is 0 Å². The summed E-state index contributed by atoms with van der Waals surface area (Å²) in [5.41, 5.74) is -1.40. The first kappa shape index (κ1) is 17.5. The molecule has 1 heterocycles. The van der Waals surface area contributed by atoms with Crippen molar-refractivity contribution in [3.05, 3.63) is 0 Å². The van der Waals surface area contributed by atoms with Crippen molar-refractivity contribution in [2.45, 2.75) is 46.5 Å². The molecule has 0 aromatic rings. The molecule has 1 aliphatic rings. The van der Waals surface area contributed by atoms with E-state index < -0.39 is 17.4 Å². The van der Waals surface area contributed by atoms with Crippen LogP contribution in [0, 0.1) is 5.41 Å². The van der Waals surface area contributed by atoms with Crippen molar-refractivity contribution >= 4 is 17.8 Å². The van der Waals surface area contributed by atoms with E-state index in [-0.39, 0.29) is 25.7 Å². The van der Waals surface area contributed by atoms with Crippen molar-refractivity contribution < 1.29 is 23.9 Å². The van der Waals surface area contributed by atoms with Gasteiger partial charge in [0.2, 0.25) is 5.91 Å². The van der Waals surface area contributed by atoms with E-state index in [0.717, 1.165) is 6.42 Å². The molecule has 0 spiro atoms. The zero-order chi connectivity index (χ0) is 15.9. The number of hydrogen-bond donors (Lipinski definition) is 0. The molecule has 21 heavy (non-hydrogen) atoms. The Labute approximate surface area is 125 Å². The van der Waals surface area contributed by atoms with Gasteiger partial charge in [-0.1, -0.05) is 13.3 Å². The molecule has 0 aromatic carbocycles. The maximum absolute atomic E-state index is 12.4. The van der Waals surface area contributed by atoms with Crippen LogP contribution in [-0.4, -0.2) is 49.0 Å². The molecule has 0 bridgehead atoms. The van der Waals surface area contributed by atoms with Crippen LogP contribution in [-0.2, 0) is 23.9 Å². The Bertz CT molecular complexity index is 376. The van der Waals surface area contributed by atoms with Gasteiger partial charge in [-0.05, 0) is 26.7 Å². The Morgan fingerprint density at radius 3 is 2.10 bits per heavy atom. The monoisotopic (exact) mass is 299 g/mol. The summed E-state index contributed by atoms with van der Waals surface area (Å²) in [5.74, 6) is -1.21. The second kappa shape index (κ2) is 8.00. The fourth-order valence-electron chi connectivity index (χ4n) is 2.66. The maximum Gasteiger partial charge on any atom is 0.325 e. The van der Waals surface area contributed by atoms with Crippen LogP contribution < -0.4 is 0 Å². The van der Waals surface area contributed by atoms with Gasteiger partial charge < -0.3 is 14.4 Å². The summed E-state index contributed by atoms with van der Waals surface area (Å²) < 4.78 is 10.2. The van der Waals surface area contributed by atoms with E-state index in [1.807, 2.05) is 6.92 Å². The van der Waals surface area contributed by atoms with E-state index in [4.69, 9.17) is 9.47 Å². The molecule has 0 unspecified atom stereocenters. The lowest BCUT2D eigenvalue weighted by Crippen LogP contribution is -2.50. The number of carbonyl (C=O) groups is 3. The minimum Gasteiger partial charge on any atom is -0.465 e. The fraction of sp³-hybridized carbons (Fsp3) is 0.800. The number of ether oxygens (including phenoxy) is 2. The standard InChI is InChI=1S/C15H25NO5/c1-4-9-15(13(18)20-5-2,14(19)21-6-3)11-16-10-7-8-12(16)17/h4-11H2,1-3H3. The molecule has 0 aromatic heterocycles. The summed E-state index contributed by atoms with van der Waals surface area (Å²) in [6.45, 7) is 6.29. The summed E-state index contributed by atoms with van der Waals surface area (Å²) in [6.07, 6.45) is 2.16. The summed E-state index contributed by atoms with van der Waals surface area (Å²) >= 11 is 0. The van der Waals surface area contributed by atoms with Gasteiger partial charge in [0, 0.05) is 19.5 Å². The van der Waals surface area contributed by atoms with Crippen molar-refractivity contribution in [3.63, 3.8) is 0 Å². The third-order valence-corrected chi connectivity index (χ3v) is 3.64. The zero-order valence-corrected chi connectivity index (χ0v) is 13.1. The molecule has 6 heteroatoms. The minimum absolute atomic E-state index is 0.0240. The molecular weight excluding hydrogens is 274 g/mol. The molecule has 1 amide bonds. The Hall–Kier alpha value is -1.59. The van der Waals surface area contributed by atoms with Crippen LogP contribution in [0.15, 0.2) is 0 Å². The van der Waals surface area contributed by atoms with Gasteiger partial charge in [0.1, 0.15) is 0 Å². The lowest BCUT2D eigenvalue weighted by Gasteiger charge is -2.32. The van der Waals surface area contributed by atoms with Crippen LogP contribution in [0.4, 0.5) is 0 Å². The molecule has 1 saturated heterocycles. The van der Waals surface area contributed by atoms with Crippen LogP contribution in [0.5, 0.6) is 0 Å². The normalized spacial score (nSPS) is 15.2. The predicted molar refractivity (Wildman–Crippen MR) is 76.4 cm³/mol. The molecule has 6 nitrogen and oxygen atoms in total. The summed E-state index contributed by atoms with van der Waals surface area (Å²) in [7, 11) is 0. The van der Waals surface area contributed by atoms with Gasteiger partial charge in [-0.15, -0.1) is 0 Å². The average molecular weight is 299 g/mol. The summed E-state index contributed by atoms with van der Waals surface area (Å²) in [5, 5.41) is 0. The van der Waals surface area contributed by atoms with Crippen molar-refractivity contribution in [2.24, 2.45) is 5.41 Å². The largest absolute Gasteiger partial charge is 0.465 e. The molecule has 0 atom stereocenters. The molecule has 1 aliphatic heterocycles. The van der Waals surface area contributed by atoms with Gasteiger partial charge in [-0.2, -0.15) is 0 Å². The molecule has 1 fully saturated rings. The number of rotatable bonds is 8. The van der Waals surface area contributed by atoms with E-state index in [1.54, 1.807) is 18.7 Å². The van der Waals surface area contributed by atoms with Crippen molar-refractivity contribution in [2.75, 3.05) is 26.3 Å². The van der Waals surface area contributed by atoms with Gasteiger partial charge in [0.15, 0.2) is 5.41 Å². The third kappa shape index (κ3) is 3.95. The first-order valence-electron chi connectivity index (χ1n) is 7.64. The summed E-state index contributed by atoms with van der Waals surface area (Å²) in [4.78, 5) is 38.2. The molecule has 120 valence electrons. The van der Waals surface area contributed by atoms with Crippen LogP contribution in [0.1, 0.15) is 46.5 Å². The van der Waals surface area contributed by atoms with Gasteiger partial charge in [-0.3, -0.25) is 14.4 Å². The average Bonchev–Trinajstić information content (AvgIpc) is 2.84. The van der Waals surface area contributed by atoms with E-state index in [1.165, 1.54) is 0 Å². The predicted octanol–water partition coefficient (Wildman–Crippen LogP) is 1.52. The van der Waals surface area contributed by atoms with Crippen LogP contribution in [0.2, 0.25) is 0 Å². The highest BCUT2D eigenvalue weighted by atomic mass is 16.6. The number of likely N-dealkylation sites (tertiary alicyclic amines) is 1. The number of hydrogen-bond acceptors (Lipinski definition) is 5. The second-order valence-corrected chi connectivity index (χ2v) is 5.19. The van der Waals surface area contributed by atoms with Crippen molar-refractivity contribution in [1.29, 1.82) is 0 Å².